The van der Waals surface area contributed by atoms with E-state index in [0.29, 0.717) is 5.56 Å². The predicted octanol–water partition coefficient (Wildman–Crippen LogP) is 4.16. The normalized spacial score (nSPS) is 11.7. The monoisotopic (exact) mass is 341 g/mol. The summed E-state index contributed by atoms with van der Waals surface area (Å²) in [6.07, 6.45) is 0. The van der Waals surface area contributed by atoms with Crippen molar-refractivity contribution < 1.29 is 22.3 Å². The number of hydrogen-bond donors (Lipinski definition) is 0. The Balaban J connectivity index is 2.02. The van der Waals surface area contributed by atoms with Crippen molar-refractivity contribution in [2.24, 2.45) is 0 Å². The molecule has 0 saturated carbocycles. The number of halogens is 4. The number of rotatable bonds is 3. The van der Waals surface area contributed by atoms with Crippen LogP contribution in [0.3, 0.4) is 0 Å². The molecule has 3 aromatic rings. The van der Waals surface area contributed by atoms with Gasteiger partial charge in [0.1, 0.15) is 17.0 Å². The third-order valence-electron chi connectivity index (χ3n) is 2.94. The smallest absolute Gasteiger partial charge is 0.420 e. The van der Waals surface area contributed by atoms with Gasteiger partial charge in [0.2, 0.25) is 5.89 Å². The van der Waals surface area contributed by atoms with Crippen LogP contribution in [0.5, 0.6) is 5.75 Å². The fourth-order valence-corrected chi connectivity index (χ4v) is 2.09. The van der Waals surface area contributed by atoms with Crippen LogP contribution in [0.2, 0.25) is 0 Å². The molecule has 0 N–H and O–H groups in total. The predicted molar refractivity (Wildman–Crippen MR) is 77.1 cm³/mol. The highest BCUT2D eigenvalue weighted by molar-refractivity contribution is 6.20. The maximum Gasteiger partial charge on any atom is 0.487 e. The molecule has 1 aromatic heterocycles. The van der Waals surface area contributed by atoms with Crippen LogP contribution >= 0.6 is 11.6 Å². The zero-order valence-electron chi connectivity index (χ0n) is 11.2. The summed E-state index contributed by atoms with van der Waals surface area (Å²) >= 11 is 4.66. The highest BCUT2D eigenvalue weighted by Gasteiger charge is 2.27. The maximum atomic E-state index is 13.6. The molecule has 0 fully saturated rings. The van der Waals surface area contributed by atoms with Gasteiger partial charge in [-0.1, -0.05) is 6.07 Å². The van der Waals surface area contributed by atoms with Crippen molar-refractivity contribution in [2.45, 2.75) is 5.57 Å². The Labute approximate surface area is 132 Å². The van der Waals surface area contributed by atoms with Gasteiger partial charge >= 0.3 is 11.2 Å². The molecule has 3 rings (SSSR count). The van der Waals surface area contributed by atoms with Gasteiger partial charge in [0, 0.05) is 17.2 Å². The zero-order chi connectivity index (χ0) is 16.6. The van der Waals surface area contributed by atoms with E-state index in [1.54, 1.807) is 0 Å². The van der Waals surface area contributed by atoms with E-state index in [2.05, 4.69) is 21.3 Å². The minimum Gasteiger partial charge on any atom is -0.420 e. The van der Waals surface area contributed by atoms with Crippen LogP contribution in [0, 0.1) is 5.82 Å². The van der Waals surface area contributed by atoms with E-state index < -0.39 is 17.0 Å². The highest BCUT2D eigenvalue weighted by Crippen LogP contribution is 2.27. The molecule has 23 heavy (non-hydrogen) atoms. The molecule has 0 amide bonds. The lowest BCUT2D eigenvalue weighted by Crippen LogP contribution is -2.15. The summed E-state index contributed by atoms with van der Waals surface area (Å²) in [7, 11) is 0. The van der Waals surface area contributed by atoms with Crippen molar-refractivity contribution in [1.29, 1.82) is 0 Å². The van der Waals surface area contributed by atoms with Crippen LogP contribution in [0.4, 0.5) is 13.2 Å². The van der Waals surface area contributed by atoms with Crippen molar-refractivity contribution in [1.82, 2.24) is 4.98 Å². The first-order chi connectivity index (χ1) is 10.8. The minimum absolute atomic E-state index is 0.0720. The van der Waals surface area contributed by atoms with Gasteiger partial charge in [-0.2, -0.15) is 0 Å². The molecular formula is C15H7ClF3NO3. The number of nitrogens with zero attached hydrogens (tertiary/aromatic N) is 1. The van der Waals surface area contributed by atoms with Crippen LogP contribution in [-0.4, -0.2) is 10.6 Å². The van der Waals surface area contributed by atoms with Crippen LogP contribution in [0.15, 0.2) is 51.7 Å². The van der Waals surface area contributed by atoms with E-state index >= 15 is 0 Å². The summed E-state index contributed by atoms with van der Waals surface area (Å²) in [6.45, 7) is 0. The Morgan fingerprint density at radius 3 is 2.48 bits per heavy atom. The molecule has 8 heteroatoms. The molecular weight excluding hydrogens is 335 g/mol. The Hall–Kier alpha value is -2.54. The summed E-state index contributed by atoms with van der Waals surface area (Å²) in [6, 6.07) is 9.13. The number of aromatic nitrogens is 1. The van der Waals surface area contributed by atoms with Crippen molar-refractivity contribution in [3.05, 3.63) is 58.7 Å². The van der Waals surface area contributed by atoms with Gasteiger partial charge < -0.3 is 9.15 Å². The number of hydrogen-bond acceptors (Lipinski definition) is 4. The summed E-state index contributed by atoms with van der Waals surface area (Å²) in [5, 5.41) is -0.252. The van der Waals surface area contributed by atoms with Crippen LogP contribution in [0.1, 0.15) is 0 Å². The van der Waals surface area contributed by atoms with E-state index in [0.717, 1.165) is 6.07 Å². The second kappa shape index (κ2) is 5.58. The molecule has 4 nitrogen and oxygen atoms in total. The Morgan fingerprint density at radius 2 is 1.83 bits per heavy atom. The molecule has 2 aromatic carbocycles. The van der Waals surface area contributed by atoms with Gasteiger partial charge in [-0.15, -0.1) is 8.78 Å². The Morgan fingerprint density at radius 1 is 1.13 bits per heavy atom. The van der Waals surface area contributed by atoms with E-state index in [9.17, 15) is 18.0 Å². The SMILES string of the molecule is O=c1oc(-c2ccc(OC(F)(F)Cl)cc2)nc2cccc(F)c12. The van der Waals surface area contributed by atoms with E-state index in [1.807, 2.05) is 0 Å². The fourth-order valence-electron chi connectivity index (χ4n) is 2.00. The molecule has 0 aliphatic carbocycles. The van der Waals surface area contributed by atoms with Gasteiger partial charge in [-0.25, -0.2) is 14.2 Å². The molecule has 0 unspecified atom stereocenters. The van der Waals surface area contributed by atoms with Crippen molar-refractivity contribution in [3.8, 4) is 17.2 Å². The van der Waals surface area contributed by atoms with E-state index in [4.69, 9.17) is 4.42 Å². The van der Waals surface area contributed by atoms with Crippen LogP contribution in [-0.2, 0) is 0 Å². The highest BCUT2D eigenvalue weighted by atomic mass is 35.5. The largest absolute Gasteiger partial charge is 0.487 e. The number of ether oxygens (including phenoxy) is 1. The average Bonchev–Trinajstić information content (AvgIpc) is 2.46. The van der Waals surface area contributed by atoms with Crippen molar-refractivity contribution in [2.75, 3.05) is 0 Å². The Bertz CT molecular complexity index is 920. The lowest BCUT2D eigenvalue weighted by molar-refractivity contribution is -0.0964. The lowest BCUT2D eigenvalue weighted by Gasteiger charge is -2.10. The molecule has 0 aliphatic rings. The Kier molecular flexibility index (Phi) is 3.73. The van der Waals surface area contributed by atoms with Gasteiger partial charge in [-0.05, 0) is 36.4 Å². The minimum atomic E-state index is -3.83. The zero-order valence-corrected chi connectivity index (χ0v) is 12.0. The maximum absolute atomic E-state index is 13.6. The molecule has 0 spiro atoms. The molecule has 0 radical (unpaired) electrons. The van der Waals surface area contributed by atoms with Crippen LogP contribution in [0.25, 0.3) is 22.4 Å². The standard InChI is InChI=1S/C15H7ClF3NO3/c16-15(18,19)23-9-6-4-8(5-7-9)13-20-11-3-1-2-10(17)12(11)14(21)22-13/h1-7H. The summed E-state index contributed by atoms with van der Waals surface area (Å²) in [5.74, 6) is -0.983. The van der Waals surface area contributed by atoms with E-state index in [-0.39, 0.29) is 22.5 Å². The second-order valence-corrected chi connectivity index (χ2v) is 4.95. The van der Waals surface area contributed by atoms with E-state index in [1.165, 1.54) is 36.4 Å². The number of fused-ring (bicyclic) bond motifs is 1. The third-order valence-corrected chi connectivity index (χ3v) is 3.02. The van der Waals surface area contributed by atoms with Gasteiger partial charge in [-0.3, -0.25) is 0 Å². The molecule has 0 bridgehead atoms. The first kappa shape index (κ1) is 15.4. The third kappa shape index (κ3) is 3.29. The average molecular weight is 342 g/mol. The van der Waals surface area contributed by atoms with Crippen LogP contribution < -0.4 is 10.4 Å². The first-order valence-corrected chi connectivity index (χ1v) is 6.67. The summed E-state index contributed by atoms with van der Waals surface area (Å²) < 4.78 is 47.8. The van der Waals surface area contributed by atoms with Crippen molar-refractivity contribution in [3.63, 3.8) is 0 Å². The summed E-state index contributed by atoms with van der Waals surface area (Å²) in [5.41, 5.74) is -4.25. The van der Waals surface area contributed by atoms with Gasteiger partial charge in [0.15, 0.2) is 0 Å². The lowest BCUT2D eigenvalue weighted by atomic mass is 10.2. The molecule has 0 atom stereocenters. The first-order valence-electron chi connectivity index (χ1n) is 6.29. The second-order valence-electron chi connectivity index (χ2n) is 4.51. The molecule has 118 valence electrons. The fraction of sp³-hybridized carbons (Fsp3) is 0.0667. The van der Waals surface area contributed by atoms with Gasteiger partial charge in [0.05, 0.1) is 5.52 Å². The molecule has 0 saturated heterocycles. The number of alkyl halides is 3. The van der Waals surface area contributed by atoms with Crippen molar-refractivity contribution >= 4 is 22.5 Å². The van der Waals surface area contributed by atoms with Gasteiger partial charge in [0.25, 0.3) is 0 Å². The number of benzene rings is 2. The molecule has 0 aliphatic heterocycles. The quantitative estimate of drug-likeness (QED) is 0.671. The molecule has 1 heterocycles. The summed E-state index contributed by atoms with van der Waals surface area (Å²) in [4.78, 5) is 15.9. The topological polar surface area (TPSA) is 52.3 Å².